The first kappa shape index (κ1) is 41.0. The van der Waals surface area contributed by atoms with Crippen LogP contribution in [0.5, 0.6) is 0 Å². The summed E-state index contributed by atoms with van der Waals surface area (Å²) in [5.74, 6) is 0. The van der Waals surface area contributed by atoms with Gasteiger partial charge in [0.2, 0.25) is 21.1 Å². The summed E-state index contributed by atoms with van der Waals surface area (Å²) >= 11 is 0. The van der Waals surface area contributed by atoms with Gasteiger partial charge in [0, 0.05) is 36.8 Å². The molecule has 0 fully saturated rings. The summed E-state index contributed by atoms with van der Waals surface area (Å²) in [5, 5.41) is 26.2. The van der Waals surface area contributed by atoms with E-state index < -0.39 is 25.0 Å². The van der Waals surface area contributed by atoms with E-state index in [0.29, 0.717) is 16.2 Å². The lowest BCUT2D eigenvalue weighted by Crippen LogP contribution is -2.47. The SMILES string of the molecule is CC(=NP(=O)(c1ccccc1)c1ccccc1)c1ccccc1.CC(C[N+](=O)[O-])(NP(=O)(c1ccccc1)c1ccccc1)c1ccccc1.C[N+](=O)[O-]. The third kappa shape index (κ3) is 11.1. The van der Waals surface area contributed by atoms with Gasteiger partial charge in [0.05, 0.1) is 0 Å². The highest BCUT2D eigenvalue weighted by Gasteiger charge is 2.41. The molecule has 6 rings (SSSR count). The number of nitro groups is 2. The number of nitrogens with one attached hydrogen (secondary N) is 1. The van der Waals surface area contributed by atoms with Crippen LogP contribution in [0.4, 0.5) is 0 Å². The second kappa shape index (κ2) is 19.3. The van der Waals surface area contributed by atoms with Crippen LogP contribution < -0.4 is 26.3 Å². The Morgan fingerprint density at radius 3 is 1.26 bits per heavy atom. The largest absolute Gasteiger partial charge is 0.296 e. The van der Waals surface area contributed by atoms with Crippen LogP contribution >= 0.6 is 14.6 Å². The van der Waals surface area contributed by atoms with Crippen LogP contribution in [0.15, 0.2) is 187 Å². The molecule has 6 aromatic carbocycles. The molecule has 1 unspecified atom stereocenters. The monoisotopic (exact) mass is 760 g/mol. The molecule has 0 saturated carbocycles. The molecule has 1 N–H and O–H groups in total. The molecule has 54 heavy (non-hydrogen) atoms. The van der Waals surface area contributed by atoms with Gasteiger partial charge in [0.15, 0.2) is 7.05 Å². The molecular weight excluding hydrogens is 718 g/mol. The van der Waals surface area contributed by atoms with Crippen molar-refractivity contribution in [2.24, 2.45) is 4.76 Å². The third-order valence-corrected chi connectivity index (χ3v) is 13.6. The number of hydrogen-bond acceptors (Lipinski definition) is 6. The molecule has 0 spiro atoms. The predicted octanol–water partition coefficient (Wildman–Crippen LogP) is 8.01. The Balaban J connectivity index is 0.000000221. The second-order valence-corrected chi connectivity index (χ2v) is 17.2. The van der Waals surface area contributed by atoms with E-state index in [0.717, 1.165) is 28.9 Å². The summed E-state index contributed by atoms with van der Waals surface area (Å²) < 4.78 is 32.8. The van der Waals surface area contributed by atoms with E-state index in [4.69, 9.17) is 14.9 Å². The first-order valence-corrected chi connectivity index (χ1v) is 20.3. The van der Waals surface area contributed by atoms with Crippen LogP contribution in [0, 0.1) is 20.2 Å². The van der Waals surface area contributed by atoms with Crippen LogP contribution in [0.3, 0.4) is 0 Å². The molecule has 0 aliphatic heterocycles. The van der Waals surface area contributed by atoms with Crippen molar-refractivity contribution in [2.45, 2.75) is 19.4 Å². The van der Waals surface area contributed by atoms with E-state index in [9.17, 15) is 19.2 Å². The van der Waals surface area contributed by atoms with Crippen LogP contribution in [-0.4, -0.2) is 29.2 Å². The molecule has 0 aliphatic rings. The minimum absolute atomic E-state index is 0.375. The van der Waals surface area contributed by atoms with E-state index in [-0.39, 0.29) is 11.5 Å². The van der Waals surface area contributed by atoms with Crippen LogP contribution in [0.2, 0.25) is 0 Å². The predicted molar refractivity (Wildman–Crippen MR) is 220 cm³/mol. The Morgan fingerprint density at radius 1 is 0.593 bits per heavy atom. The quantitative estimate of drug-likeness (QED) is 0.0610. The molecule has 0 aliphatic carbocycles. The maximum atomic E-state index is 14.3. The first-order chi connectivity index (χ1) is 25.9. The van der Waals surface area contributed by atoms with Crippen molar-refractivity contribution >= 4 is 41.5 Å². The van der Waals surface area contributed by atoms with Crippen LogP contribution in [-0.2, 0) is 14.7 Å². The Hall–Kier alpha value is -5.79. The average molecular weight is 761 g/mol. The zero-order valence-corrected chi connectivity index (χ0v) is 32.0. The number of nitrogens with zero attached hydrogens (tertiary/aromatic N) is 3. The summed E-state index contributed by atoms with van der Waals surface area (Å²) in [6.45, 7) is 3.25. The van der Waals surface area contributed by atoms with Crippen molar-refractivity contribution in [1.82, 2.24) is 5.09 Å². The lowest BCUT2D eigenvalue weighted by Gasteiger charge is -2.33. The fourth-order valence-corrected chi connectivity index (χ4v) is 10.5. The number of rotatable bonds is 11. The maximum absolute atomic E-state index is 14.3. The van der Waals surface area contributed by atoms with Crippen LogP contribution in [0.25, 0.3) is 0 Å². The van der Waals surface area contributed by atoms with Crippen LogP contribution in [0.1, 0.15) is 25.0 Å². The average Bonchev–Trinajstić information content (AvgIpc) is 3.19. The van der Waals surface area contributed by atoms with Gasteiger partial charge in [-0.3, -0.25) is 29.4 Å². The fraction of sp³-hybridized carbons (Fsp3) is 0.119. The van der Waals surface area contributed by atoms with Gasteiger partial charge in [-0.2, -0.15) is 0 Å². The standard InChI is InChI=1S/C21H21N2O3P.C20H18NOP.CH3NO2/c1-21(17-23(24)25,18-11-5-2-6-12-18)22-27(26,19-13-7-3-8-14-19)20-15-9-4-10-16-20;1-17(18-11-5-2-6-12-18)21-23(22,19-13-7-3-8-14-19)20-15-9-4-10-16-20;1-2(3)4/h2-16H,17H2,1H3,(H,22,26);2-16H,1H3;1H3. The molecule has 10 nitrogen and oxygen atoms in total. The molecule has 0 bridgehead atoms. The molecule has 0 radical (unpaired) electrons. The van der Waals surface area contributed by atoms with Gasteiger partial charge in [-0.1, -0.05) is 133 Å². The highest BCUT2D eigenvalue weighted by atomic mass is 31.2. The summed E-state index contributed by atoms with van der Waals surface area (Å²) in [5.41, 5.74) is 1.38. The zero-order chi connectivity index (χ0) is 39.0. The summed E-state index contributed by atoms with van der Waals surface area (Å²) in [7, 11) is -5.49. The van der Waals surface area contributed by atoms with E-state index in [1.807, 2.05) is 165 Å². The van der Waals surface area contributed by atoms with Crippen molar-refractivity contribution in [2.75, 3.05) is 13.6 Å². The van der Waals surface area contributed by atoms with Gasteiger partial charge in [-0.25, -0.2) is 9.85 Å². The smallest absolute Gasteiger partial charge is 0.247 e. The molecule has 6 aromatic rings. The topological polar surface area (TPSA) is 145 Å². The molecule has 0 aromatic heterocycles. The van der Waals surface area contributed by atoms with Gasteiger partial charge in [0.25, 0.3) is 0 Å². The highest BCUT2D eigenvalue weighted by Crippen LogP contribution is 2.46. The molecule has 12 heteroatoms. The van der Waals surface area contributed by atoms with E-state index in [1.54, 1.807) is 31.2 Å². The Morgan fingerprint density at radius 2 is 0.907 bits per heavy atom. The third-order valence-electron chi connectivity index (χ3n) is 8.19. The molecule has 0 amide bonds. The number of hydrogen-bond donors (Lipinski definition) is 1. The Bertz CT molecular complexity index is 2120. The fourth-order valence-electron chi connectivity index (χ4n) is 5.63. The molecular formula is C42H42N4O6P2. The minimum atomic E-state index is -3.32. The van der Waals surface area contributed by atoms with Crippen molar-refractivity contribution in [3.63, 3.8) is 0 Å². The molecule has 276 valence electrons. The molecule has 0 heterocycles. The summed E-state index contributed by atoms with van der Waals surface area (Å²) in [6, 6.07) is 56.1. The van der Waals surface area contributed by atoms with Crippen molar-refractivity contribution in [3.8, 4) is 0 Å². The molecule has 1 atom stereocenters. The van der Waals surface area contributed by atoms with Gasteiger partial charge in [-0.15, -0.1) is 0 Å². The minimum Gasteiger partial charge on any atom is -0.296 e. The zero-order valence-electron chi connectivity index (χ0n) is 30.2. The Kier molecular flexibility index (Phi) is 14.7. The highest BCUT2D eigenvalue weighted by molar-refractivity contribution is 7.77. The van der Waals surface area contributed by atoms with Gasteiger partial charge in [-0.05, 0) is 73.5 Å². The van der Waals surface area contributed by atoms with Gasteiger partial charge in [0.1, 0.15) is 5.54 Å². The van der Waals surface area contributed by atoms with E-state index >= 15 is 0 Å². The summed E-state index contributed by atoms with van der Waals surface area (Å²) in [4.78, 5) is 19.4. The lowest BCUT2D eigenvalue weighted by atomic mass is 9.93. The maximum Gasteiger partial charge on any atom is 0.247 e. The van der Waals surface area contributed by atoms with Crippen molar-refractivity contribution < 1.29 is 19.0 Å². The van der Waals surface area contributed by atoms with E-state index in [2.05, 4.69) is 5.09 Å². The van der Waals surface area contributed by atoms with E-state index in [1.165, 1.54) is 0 Å². The normalized spacial score (nSPS) is 12.5. The second-order valence-electron chi connectivity index (χ2n) is 12.3. The number of benzene rings is 6. The van der Waals surface area contributed by atoms with Crippen molar-refractivity contribution in [3.05, 3.63) is 213 Å². The Labute approximate surface area is 315 Å². The molecule has 0 saturated heterocycles. The first-order valence-electron chi connectivity index (χ1n) is 17.0. The summed E-state index contributed by atoms with van der Waals surface area (Å²) in [6.07, 6.45) is 0. The van der Waals surface area contributed by atoms with Gasteiger partial charge >= 0.3 is 0 Å². The lowest BCUT2D eigenvalue weighted by molar-refractivity contribution is -0.490. The van der Waals surface area contributed by atoms with Crippen molar-refractivity contribution in [1.29, 1.82) is 0 Å². The van der Waals surface area contributed by atoms with Gasteiger partial charge < -0.3 is 0 Å².